The first-order chi connectivity index (χ1) is 9.83. The van der Waals surface area contributed by atoms with E-state index >= 15 is 0 Å². The zero-order chi connectivity index (χ0) is 13.5. The molecule has 96 valence electrons. The molecule has 0 radical (unpaired) electrons. The van der Waals surface area contributed by atoms with Gasteiger partial charge in [0.25, 0.3) is 0 Å². The number of carbonyl (C=O) groups is 1. The third kappa shape index (κ3) is 1.60. The van der Waals surface area contributed by atoms with Crippen LogP contribution in [0.5, 0.6) is 0 Å². The highest BCUT2D eigenvalue weighted by Gasteiger charge is 2.23. The fourth-order valence-corrected chi connectivity index (χ4v) is 2.77. The van der Waals surface area contributed by atoms with Crippen LogP contribution in [0.25, 0.3) is 11.3 Å². The fraction of sp³-hybridized carbons (Fsp3) is 0.0588. The van der Waals surface area contributed by atoms with Crippen LogP contribution in [0.2, 0.25) is 0 Å². The Morgan fingerprint density at radius 3 is 2.65 bits per heavy atom. The molecule has 3 aromatic rings. The lowest BCUT2D eigenvalue weighted by Crippen LogP contribution is -2.14. The highest BCUT2D eigenvalue weighted by atomic mass is 16.1. The lowest BCUT2D eigenvalue weighted by Gasteiger charge is -2.18. The van der Waals surface area contributed by atoms with Crippen molar-refractivity contribution >= 4 is 5.78 Å². The number of fused-ring (bicyclic) bond motifs is 2. The number of benzene rings is 2. The Balaban J connectivity index is 1.86. The Hall–Kier alpha value is -2.68. The first-order valence-electron chi connectivity index (χ1n) is 6.58. The standard InChI is InChI=1S/C17H12N2O/c20-17-14-4-2-1-3-11(14)9-12-5-6-13(10-15(12)17)16-7-8-18-19-16/h1-8,10H,9H2,(H,18,19). The molecule has 20 heavy (non-hydrogen) atoms. The van der Waals surface area contributed by atoms with Crippen LogP contribution in [0, 0.1) is 0 Å². The zero-order valence-corrected chi connectivity index (χ0v) is 10.8. The Labute approximate surface area is 116 Å². The van der Waals surface area contributed by atoms with E-state index in [4.69, 9.17) is 0 Å². The summed E-state index contributed by atoms with van der Waals surface area (Å²) in [4.78, 5) is 12.6. The van der Waals surface area contributed by atoms with Crippen molar-refractivity contribution < 1.29 is 4.79 Å². The van der Waals surface area contributed by atoms with Crippen LogP contribution in [0.4, 0.5) is 0 Å². The van der Waals surface area contributed by atoms with E-state index in [1.54, 1.807) is 6.20 Å². The maximum atomic E-state index is 12.6. The molecule has 0 amide bonds. The van der Waals surface area contributed by atoms with Crippen molar-refractivity contribution in [3.63, 3.8) is 0 Å². The van der Waals surface area contributed by atoms with Crippen molar-refractivity contribution in [2.45, 2.75) is 6.42 Å². The smallest absolute Gasteiger partial charge is 0.193 e. The molecular formula is C17H12N2O. The van der Waals surface area contributed by atoms with E-state index in [1.165, 1.54) is 0 Å². The van der Waals surface area contributed by atoms with Gasteiger partial charge in [-0.2, -0.15) is 5.10 Å². The molecule has 3 nitrogen and oxygen atoms in total. The quantitative estimate of drug-likeness (QED) is 0.571. The summed E-state index contributed by atoms with van der Waals surface area (Å²) in [5.41, 5.74) is 5.75. The molecule has 1 aliphatic rings. The van der Waals surface area contributed by atoms with Gasteiger partial charge in [-0.25, -0.2) is 0 Å². The first kappa shape index (κ1) is 11.2. The van der Waals surface area contributed by atoms with Crippen molar-refractivity contribution in [1.29, 1.82) is 0 Å². The van der Waals surface area contributed by atoms with Crippen molar-refractivity contribution in [2.24, 2.45) is 0 Å². The van der Waals surface area contributed by atoms with Crippen LogP contribution in [0.15, 0.2) is 54.7 Å². The minimum absolute atomic E-state index is 0.114. The van der Waals surface area contributed by atoms with E-state index in [0.29, 0.717) is 0 Å². The largest absolute Gasteiger partial charge is 0.289 e. The van der Waals surface area contributed by atoms with Gasteiger partial charge in [0, 0.05) is 22.9 Å². The number of ketones is 1. The van der Waals surface area contributed by atoms with Gasteiger partial charge < -0.3 is 0 Å². The molecule has 2 aromatic carbocycles. The van der Waals surface area contributed by atoms with Crippen LogP contribution >= 0.6 is 0 Å². The normalized spacial score (nSPS) is 12.9. The minimum Gasteiger partial charge on any atom is -0.289 e. The summed E-state index contributed by atoms with van der Waals surface area (Å²) in [7, 11) is 0. The molecule has 1 aliphatic carbocycles. The number of nitrogens with one attached hydrogen (secondary N) is 1. The molecule has 0 fully saturated rings. The molecule has 1 N–H and O–H groups in total. The summed E-state index contributed by atoms with van der Waals surface area (Å²) < 4.78 is 0. The van der Waals surface area contributed by atoms with Crippen molar-refractivity contribution in [1.82, 2.24) is 10.2 Å². The maximum absolute atomic E-state index is 12.6. The third-order valence-electron chi connectivity index (χ3n) is 3.81. The van der Waals surface area contributed by atoms with Crippen LogP contribution in [-0.4, -0.2) is 16.0 Å². The number of nitrogens with zero attached hydrogens (tertiary/aromatic N) is 1. The second-order valence-corrected chi connectivity index (χ2v) is 5.01. The fourth-order valence-electron chi connectivity index (χ4n) is 2.77. The average Bonchev–Trinajstić information content (AvgIpc) is 3.02. The molecular weight excluding hydrogens is 248 g/mol. The van der Waals surface area contributed by atoms with Gasteiger partial charge in [-0.05, 0) is 29.7 Å². The molecule has 0 spiro atoms. The third-order valence-corrected chi connectivity index (χ3v) is 3.81. The molecule has 0 unspecified atom stereocenters. The Morgan fingerprint density at radius 2 is 1.80 bits per heavy atom. The summed E-state index contributed by atoms with van der Waals surface area (Å²) in [6, 6.07) is 15.8. The number of aromatic nitrogens is 2. The van der Waals surface area contributed by atoms with Gasteiger partial charge in [0.15, 0.2) is 5.78 Å². The molecule has 0 bridgehead atoms. The van der Waals surface area contributed by atoms with Crippen LogP contribution < -0.4 is 0 Å². The number of aromatic amines is 1. The number of rotatable bonds is 1. The lowest BCUT2D eigenvalue weighted by atomic mass is 9.84. The molecule has 0 atom stereocenters. The van der Waals surface area contributed by atoms with Gasteiger partial charge in [0.05, 0.1) is 5.69 Å². The summed E-state index contributed by atoms with van der Waals surface area (Å²) >= 11 is 0. The monoisotopic (exact) mass is 260 g/mol. The van der Waals surface area contributed by atoms with Crippen LogP contribution in [0.3, 0.4) is 0 Å². The summed E-state index contributed by atoms with van der Waals surface area (Å²) in [6.45, 7) is 0. The lowest BCUT2D eigenvalue weighted by molar-refractivity contribution is 0.103. The van der Waals surface area contributed by atoms with Gasteiger partial charge in [-0.15, -0.1) is 0 Å². The molecule has 0 saturated heterocycles. The van der Waals surface area contributed by atoms with Gasteiger partial charge in [0.1, 0.15) is 0 Å². The minimum atomic E-state index is 0.114. The Morgan fingerprint density at radius 1 is 0.950 bits per heavy atom. The van der Waals surface area contributed by atoms with E-state index in [9.17, 15) is 4.79 Å². The van der Waals surface area contributed by atoms with Gasteiger partial charge in [-0.1, -0.05) is 36.4 Å². The van der Waals surface area contributed by atoms with Gasteiger partial charge in [0.2, 0.25) is 0 Å². The van der Waals surface area contributed by atoms with Crippen molar-refractivity contribution in [2.75, 3.05) is 0 Å². The highest BCUT2D eigenvalue weighted by Crippen LogP contribution is 2.30. The molecule has 0 aliphatic heterocycles. The van der Waals surface area contributed by atoms with Gasteiger partial charge in [-0.3, -0.25) is 9.89 Å². The Kier molecular flexibility index (Phi) is 2.33. The summed E-state index contributed by atoms with van der Waals surface area (Å²) in [5, 5.41) is 6.89. The second-order valence-electron chi connectivity index (χ2n) is 5.01. The molecule has 1 heterocycles. The van der Waals surface area contributed by atoms with Crippen molar-refractivity contribution in [3.05, 3.63) is 77.0 Å². The van der Waals surface area contributed by atoms with E-state index in [2.05, 4.69) is 10.2 Å². The number of hydrogen-bond acceptors (Lipinski definition) is 2. The predicted octanol–water partition coefficient (Wildman–Crippen LogP) is 3.21. The van der Waals surface area contributed by atoms with E-state index in [1.807, 2.05) is 48.5 Å². The van der Waals surface area contributed by atoms with E-state index in [-0.39, 0.29) is 5.78 Å². The zero-order valence-electron chi connectivity index (χ0n) is 10.8. The number of H-pyrrole nitrogens is 1. The van der Waals surface area contributed by atoms with Gasteiger partial charge >= 0.3 is 0 Å². The molecule has 0 saturated carbocycles. The topological polar surface area (TPSA) is 45.8 Å². The molecule has 3 heteroatoms. The second kappa shape index (κ2) is 4.17. The number of carbonyl (C=O) groups excluding carboxylic acids is 1. The van der Waals surface area contributed by atoms with Crippen LogP contribution in [-0.2, 0) is 6.42 Å². The summed E-state index contributed by atoms with van der Waals surface area (Å²) in [5.74, 6) is 0.114. The summed E-state index contributed by atoms with van der Waals surface area (Å²) in [6.07, 6.45) is 2.53. The van der Waals surface area contributed by atoms with Crippen molar-refractivity contribution in [3.8, 4) is 11.3 Å². The Bertz CT molecular complexity index is 804. The van der Waals surface area contributed by atoms with Crippen LogP contribution in [0.1, 0.15) is 27.0 Å². The average molecular weight is 260 g/mol. The highest BCUT2D eigenvalue weighted by molar-refractivity contribution is 6.12. The van der Waals surface area contributed by atoms with E-state index < -0.39 is 0 Å². The predicted molar refractivity (Wildman–Crippen MR) is 76.7 cm³/mol. The SMILES string of the molecule is O=C1c2ccccc2Cc2ccc(-c3ccn[nH]3)cc21. The maximum Gasteiger partial charge on any atom is 0.193 e. The van der Waals surface area contributed by atoms with E-state index in [0.717, 1.165) is 39.9 Å². The molecule has 4 rings (SSSR count). The molecule has 1 aromatic heterocycles. The number of hydrogen-bond donors (Lipinski definition) is 1. The first-order valence-corrected chi connectivity index (χ1v) is 6.58.